The summed E-state index contributed by atoms with van der Waals surface area (Å²) in [5.41, 5.74) is 5.84. The Hall–Kier alpha value is -1.28. The van der Waals surface area contributed by atoms with Gasteiger partial charge in [0, 0.05) is 16.0 Å². The van der Waals surface area contributed by atoms with Gasteiger partial charge in [-0.1, -0.05) is 30.1 Å². The molecule has 0 spiro atoms. The van der Waals surface area contributed by atoms with Crippen molar-refractivity contribution >= 4 is 56.2 Å². The third-order valence-corrected chi connectivity index (χ3v) is 7.15. The van der Waals surface area contributed by atoms with E-state index in [9.17, 15) is 13.2 Å². The molecule has 1 aromatic heterocycles. The van der Waals surface area contributed by atoms with E-state index in [0.717, 1.165) is 0 Å². The maximum atomic E-state index is 12.8. The van der Waals surface area contributed by atoms with Crippen LogP contribution in [-0.2, 0) is 20.2 Å². The van der Waals surface area contributed by atoms with Gasteiger partial charge in [0.1, 0.15) is 4.90 Å². The van der Waals surface area contributed by atoms with Crippen molar-refractivity contribution in [3.8, 4) is 0 Å². The molecule has 9 heteroatoms. The van der Waals surface area contributed by atoms with E-state index in [1.807, 2.05) is 6.92 Å². The minimum absolute atomic E-state index is 0.0300. The molecule has 0 aliphatic carbocycles. The molecule has 3 N–H and O–H groups in total. The lowest BCUT2D eigenvalue weighted by Crippen LogP contribution is -2.38. The van der Waals surface area contributed by atoms with Crippen molar-refractivity contribution in [1.82, 2.24) is 0 Å². The highest BCUT2D eigenvalue weighted by Crippen LogP contribution is 2.38. The van der Waals surface area contributed by atoms with Gasteiger partial charge in [-0.15, -0.1) is 11.3 Å². The molecule has 2 aromatic rings. The van der Waals surface area contributed by atoms with Crippen molar-refractivity contribution in [2.75, 3.05) is 4.72 Å². The molecular weight excluding hydrogens is 403 g/mol. The molecule has 0 saturated carbocycles. The van der Waals surface area contributed by atoms with Crippen LogP contribution in [-0.4, -0.2) is 14.3 Å². The number of nitrogens with two attached hydrogens (primary N) is 1. The molecule has 136 valence electrons. The van der Waals surface area contributed by atoms with Crippen LogP contribution in [0.4, 0.5) is 5.69 Å². The number of hydrogen-bond donors (Lipinski definition) is 2. The fourth-order valence-corrected chi connectivity index (χ4v) is 5.77. The van der Waals surface area contributed by atoms with Crippen molar-refractivity contribution in [2.24, 2.45) is 5.73 Å². The van der Waals surface area contributed by atoms with E-state index >= 15 is 0 Å². The molecule has 1 atom stereocenters. The SMILES string of the molecule is CCC(C)(C(N)=O)c1cscc1NS(=O)(=O)c1c(C)cc(Cl)cc1Cl. The Bertz CT molecular complexity index is 902. The summed E-state index contributed by atoms with van der Waals surface area (Å²) < 4.78 is 28.2. The van der Waals surface area contributed by atoms with Gasteiger partial charge in [-0.2, -0.15) is 0 Å². The average molecular weight is 421 g/mol. The average Bonchev–Trinajstić information content (AvgIpc) is 2.92. The topological polar surface area (TPSA) is 89.3 Å². The number of rotatable bonds is 6. The number of thiophene rings is 1. The zero-order valence-electron chi connectivity index (χ0n) is 13.9. The Kier molecular flexibility index (Phi) is 5.73. The van der Waals surface area contributed by atoms with Crippen molar-refractivity contribution in [3.05, 3.63) is 44.1 Å². The predicted octanol–water partition coefficient (Wildman–Crippen LogP) is 4.32. The molecule has 5 nitrogen and oxygen atoms in total. The second-order valence-corrected chi connectivity index (χ2v) is 9.09. The zero-order chi connectivity index (χ0) is 19.0. The fraction of sp³-hybridized carbons (Fsp3) is 0.312. The number of carbonyl (C=O) groups is 1. The number of benzene rings is 1. The first-order valence-corrected chi connectivity index (χ1v) is 10.6. The number of halogens is 2. The number of sulfonamides is 1. The fourth-order valence-electron chi connectivity index (χ4n) is 2.53. The summed E-state index contributed by atoms with van der Waals surface area (Å²) in [5, 5.41) is 3.73. The Morgan fingerprint density at radius 3 is 2.48 bits per heavy atom. The van der Waals surface area contributed by atoms with E-state index in [-0.39, 0.29) is 9.92 Å². The monoisotopic (exact) mass is 420 g/mol. The summed E-state index contributed by atoms with van der Waals surface area (Å²) >= 11 is 13.3. The predicted molar refractivity (Wildman–Crippen MR) is 103 cm³/mol. The molecule has 0 radical (unpaired) electrons. The van der Waals surface area contributed by atoms with Crippen LogP contribution >= 0.6 is 34.5 Å². The summed E-state index contributed by atoms with van der Waals surface area (Å²) in [6.07, 6.45) is 0.439. The number of hydrogen-bond acceptors (Lipinski definition) is 4. The van der Waals surface area contributed by atoms with Crippen LogP contribution in [0.5, 0.6) is 0 Å². The first-order valence-electron chi connectivity index (χ1n) is 7.38. The lowest BCUT2D eigenvalue weighted by molar-refractivity contribution is -0.123. The van der Waals surface area contributed by atoms with Gasteiger partial charge in [0.15, 0.2) is 0 Å². The molecule has 1 aromatic carbocycles. The molecule has 0 aliphatic rings. The van der Waals surface area contributed by atoms with Crippen LogP contribution < -0.4 is 10.5 Å². The molecule has 25 heavy (non-hydrogen) atoms. The minimum atomic E-state index is -3.96. The van der Waals surface area contributed by atoms with Gasteiger partial charge in [0.2, 0.25) is 5.91 Å². The number of amides is 1. The molecule has 2 rings (SSSR count). The van der Waals surface area contributed by atoms with E-state index in [2.05, 4.69) is 4.72 Å². The smallest absolute Gasteiger partial charge is 0.263 e. The number of primary amides is 1. The molecule has 1 unspecified atom stereocenters. The van der Waals surface area contributed by atoms with Crippen LogP contribution in [0.2, 0.25) is 10.0 Å². The molecule has 0 aliphatic heterocycles. The summed E-state index contributed by atoms with van der Waals surface area (Å²) in [5.74, 6) is -0.519. The molecule has 0 fully saturated rings. The van der Waals surface area contributed by atoms with Crippen LogP contribution in [0.3, 0.4) is 0 Å². The van der Waals surface area contributed by atoms with Crippen molar-refractivity contribution in [2.45, 2.75) is 37.5 Å². The molecule has 0 bridgehead atoms. The van der Waals surface area contributed by atoms with E-state index < -0.39 is 21.3 Å². The second-order valence-electron chi connectivity index (χ2n) is 5.89. The highest BCUT2D eigenvalue weighted by molar-refractivity contribution is 7.93. The lowest BCUT2D eigenvalue weighted by atomic mass is 9.80. The second kappa shape index (κ2) is 7.15. The number of carbonyl (C=O) groups excluding carboxylic acids is 1. The standard InChI is InChI=1S/C16H18Cl2N2O3S2/c1-4-16(3,15(19)21)11-7-24-8-13(11)20-25(22,23)14-9(2)5-10(17)6-12(14)18/h5-8,20H,4H2,1-3H3,(H2,19,21). The van der Waals surface area contributed by atoms with Crippen molar-refractivity contribution < 1.29 is 13.2 Å². The first kappa shape index (κ1) is 20.0. The molecule has 0 saturated heterocycles. The van der Waals surface area contributed by atoms with Gasteiger partial charge < -0.3 is 5.73 Å². The van der Waals surface area contributed by atoms with Gasteiger partial charge in [0.05, 0.1) is 16.1 Å². The quantitative estimate of drug-likeness (QED) is 0.728. The highest BCUT2D eigenvalue weighted by atomic mass is 35.5. The Morgan fingerprint density at radius 1 is 1.32 bits per heavy atom. The summed E-state index contributed by atoms with van der Waals surface area (Å²) in [6, 6.07) is 2.90. The Balaban J connectivity index is 2.52. The number of nitrogens with one attached hydrogen (secondary N) is 1. The number of aryl methyl sites for hydroxylation is 1. The first-order chi connectivity index (χ1) is 11.5. The Labute approximate surface area is 161 Å². The number of anilines is 1. The van der Waals surface area contributed by atoms with Gasteiger partial charge in [-0.05, 0) is 43.3 Å². The van der Waals surface area contributed by atoms with Gasteiger partial charge in [-0.3, -0.25) is 9.52 Å². The maximum absolute atomic E-state index is 12.8. The normalized spacial score (nSPS) is 14.1. The van der Waals surface area contributed by atoms with Gasteiger partial charge in [0.25, 0.3) is 10.0 Å². The molecule has 1 amide bonds. The van der Waals surface area contributed by atoms with Crippen LogP contribution in [0.1, 0.15) is 31.4 Å². The zero-order valence-corrected chi connectivity index (χ0v) is 17.0. The van der Waals surface area contributed by atoms with Crippen molar-refractivity contribution in [1.29, 1.82) is 0 Å². The van der Waals surface area contributed by atoms with Crippen LogP contribution in [0.15, 0.2) is 27.8 Å². The van der Waals surface area contributed by atoms with E-state index in [1.54, 1.807) is 24.6 Å². The van der Waals surface area contributed by atoms with E-state index in [0.29, 0.717) is 28.3 Å². The largest absolute Gasteiger partial charge is 0.369 e. The summed E-state index contributed by atoms with van der Waals surface area (Å²) in [7, 11) is -3.96. The maximum Gasteiger partial charge on any atom is 0.263 e. The van der Waals surface area contributed by atoms with Crippen molar-refractivity contribution in [3.63, 3.8) is 0 Å². The summed E-state index contributed by atoms with van der Waals surface area (Å²) in [6.45, 7) is 5.12. The van der Waals surface area contributed by atoms with E-state index in [1.165, 1.54) is 23.5 Å². The molecular formula is C16H18Cl2N2O3S2. The molecule has 1 heterocycles. The summed E-state index contributed by atoms with van der Waals surface area (Å²) in [4.78, 5) is 11.8. The Morgan fingerprint density at radius 2 is 1.96 bits per heavy atom. The minimum Gasteiger partial charge on any atom is -0.369 e. The highest BCUT2D eigenvalue weighted by Gasteiger charge is 2.35. The van der Waals surface area contributed by atoms with Crippen LogP contribution in [0.25, 0.3) is 0 Å². The third kappa shape index (κ3) is 3.79. The van der Waals surface area contributed by atoms with Crippen LogP contribution in [0, 0.1) is 6.92 Å². The lowest BCUT2D eigenvalue weighted by Gasteiger charge is -2.25. The van der Waals surface area contributed by atoms with Gasteiger partial charge in [-0.25, -0.2) is 8.42 Å². The third-order valence-electron chi connectivity index (χ3n) is 4.21. The van der Waals surface area contributed by atoms with Gasteiger partial charge >= 0.3 is 0 Å². The van der Waals surface area contributed by atoms with E-state index in [4.69, 9.17) is 28.9 Å².